The Balaban J connectivity index is 0.000000166. The second-order valence-corrected chi connectivity index (χ2v) is 10.2. The number of nitrogens with zero attached hydrogens (tertiary/aromatic N) is 7. The number of imidazole rings is 1. The van der Waals surface area contributed by atoms with E-state index in [1.807, 2.05) is 65.5 Å². The molecule has 204 valence electrons. The molecule has 6 rings (SSSR count). The standard InChI is InChI=1S/C17H13ClFN3.C14H12N4S/c18-16-9-4-10-22-12-15(21-17(16)22)6-2-1-5-13-7-3-8-14(11-19)20-13;1-11-10-19-14(15-11)8-4-5-9-18-16-12-6-2-3-7-13(12)17-18/h3-4,7-10,12H,2,6,11H2;2-3,6-7,10H,5,9H2,1H3. The fraction of sp³-hybridized carbons (Fsp3) is 0.194. The van der Waals surface area contributed by atoms with Crippen LogP contribution in [0.15, 0.2) is 72.4 Å². The first-order valence-electron chi connectivity index (χ1n) is 12.9. The lowest BCUT2D eigenvalue weighted by molar-refractivity contribution is 0.476. The Hall–Kier alpha value is -4.57. The smallest absolute Gasteiger partial charge is 0.167 e. The van der Waals surface area contributed by atoms with Crippen LogP contribution in [0, 0.1) is 30.6 Å². The Bertz CT molecular complexity index is 1870. The second kappa shape index (κ2) is 13.7. The van der Waals surface area contributed by atoms with E-state index in [1.165, 1.54) is 0 Å². The SMILES string of the molecule is Cc1csc(C#CCCn2nc3ccccc3n2)n1.FCc1cccc(C#CCCc2cn3cccc(Cl)c3n2)n1. The van der Waals surface area contributed by atoms with Crippen LogP contribution in [0.5, 0.6) is 0 Å². The van der Waals surface area contributed by atoms with Crippen LogP contribution < -0.4 is 0 Å². The molecule has 0 unspecified atom stereocenters. The monoisotopic (exact) mass is 581 g/mol. The summed E-state index contributed by atoms with van der Waals surface area (Å²) in [6.45, 7) is 2.10. The first kappa shape index (κ1) is 28.0. The van der Waals surface area contributed by atoms with Crippen LogP contribution in [0.4, 0.5) is 4.39 Å². The van der Waals surface area contributed by atoms with Gasteiger partial charge in [0, 0.05) is 42.7 Å². The normalized spacial score (nSPS) is 10.4. The minimum Gasteiger partial charge on any atom is -0.306 e. The molecule has 1 aromatic carbocycles. The molecule has 0 atom stereocenters. The summed E-state index contributed by atoms with van der Waals surface area (Å²) in [6, 6.07) is 16.7. The summed E-state index contributed by atoms with van der Waals surface area (Å²) >= 11 is 7.67. The molecule has 7 nitrogen and oxygen atoms in total. The van der Waals surface area contributed by atoms with Crippen molar-refractivity contribution in [2.75, 3.05) is 0 Å². The molecule has 0 fully saturated rings. The number of fused-ring (bicyclic) bond motifs is 2. The molecule has 6 aromatic rings. The summed E-state index contributed by atoms with van der Waals surface area (Å²) < 4.78 is 14.4. The molecule has 0 radical (unpaired) electrons. The van der Waals surface area contributed by atoms with E-state index in [4.69, 9.17) is 11.6 Å². The minimum absolute atomic E-state index is 0.404. The zero-order valence-electron chi connectivity index (χ0n) is 22.3. The maximum Gasteiger partial charge on any atom is 0.167 e. The third-order valence-electron chi connectivity index (χ3n) is 5.73. The highest BCUT2D eigenvalue weighted by atomic mass is 35.5. The maximum absolute atomic E-state index is 12.5. The molecule has 10 heteroatoms. The van der Waals surface area contributed by atoms with Crippen LogP contribution >= 0.6 is 22.9 Å². The van der Waals surface area contributed by atoms with Gasteiger partial charge in [-0.1, -0.05) is 41.6 Å². The van der Waals surface area contributed by atoms with Gasteiger partial charge >= 0.3 is 0 Å². The largest absolute Gasteiger partial charge is 0.306 e. The van der Waals surface area contributed by atoms with Crippen LogP contribution in [0.1, 0.15) is 40.6 Å². The summed E-state index contributed by atoms with van der Waals surface area (Å²) in [5.41, 5.74) is 5.55. The number of thiazole rings is 1. The third kappa shape index (κ3) is 7.76. The predicted molar refractivity (Wildman–Crippen MR) is 160 cm³/mol. The Morgan fingerprint density at radius 3 is 2.41 bits per heavy atom. The minimum atomic E-state index is -0.572. The number of rotatable bonds is 5. The van der Waals surface area contributed by atoms with Gasteiger partial charge in [0.05, 0.1) is 23.0 Å². The molecule has 0 saturated heterocycles. The molecule has 0 amide bonds. The number of hydrogen-bond donors (Lipinski definition) is 0. The average molecular weight is 582 g/mol. The summed E-state index contributed by atoms with van der Waals surface area (Å²) in [7, 11) is 0. The Labute approximate surface area is 246 Å². The van der Waals surface area contributed by atoms with Crippen molar-refractivity contribution in [3.8, 4) is 23.7 Å². The van der Waals surface area contributed by atoms with Crippen molar-refractivity contribution in [1.29, 1.82) is 0 Å². The van der Waals surface area contributed by atoms with E-state index in [2.05, 4.69) is 48.8 Å². The molecule has 0 N–H and O–H groups in total. The molecule has 0 bridgehead atoms. The van der Waals surface area contributed by atoms with E-state index >= 15 is 0 Å². The highest BCUT2D eigenvalue weighted by Crippen LogP contribution is 2.16. The molecule has 0 aliphatic heterocycles. The lowest BCUT2D eigenvalue weighted by Gasteiger charge is -1.93. The number of halogens is 2. The van der Waals surface area contributed by atoms with E-state index in [0.29, 0.717) is 29.4 Å². The van der Waals surface area contributed by atoms with Gasteiger partial charge in [0.25, 0.3) is 0 Å². The van der Waals surface area contributed by atoms with Crippen molar-refractivity contribution >= 4 is 39.6 Å². The van der Waals surface area contributed by atoms with Gasteiger partial charge in [-0.2, -0.15) is 15.0 Å². The zero-order valence-corrected chi connectivity index (χ0v) is 23.8. The van der Waals surface area contributed by atoms with Gasteiger partial charge in [0.15, 0.2) is 10.7 Å². The first-order valence-corrected chi connectivity index (χ1v) is 14.2. The van der Waals surface area contributed by atoms with E-state index in [-0.39, 0.29) is 0 Å². The van der Waals surface area contributed by atoms with E-state index in [0.717, 1.165) is 45.9 Å². The first-order chi connectivity index (χ1) is 20.1. The fourth-order valence-corrected chi connectivity index (χ4v) is 4.70. The Morgan fingerprint density at radius 1 is 0.878 bits per heavy atom. The molecule has 5 aromatic heterocycles. The van der Waals surface area contributed by atoms with E-state index < -0.39 is 6.67 Å². The van der Waals surface area contributed by atoms with Crippen LogP contribution in [-0.4, -0.2) is 34.3 Å². The number of aryl methyl sites for hydroxylation is 3. The summed E-state index contributed by atoms with van der Waals surface area (Å²) in [4.78, 5) is 14.6. The van der Waals surface area contributed by atoms with Crippen molar-refractivity contribution in [3.63, 3.8) is 0 Å². The van der Waals surface area contributed by atoms with Crippen molar-refractivity contribution in [2.45, 2.75) is 39.4 Å². The van der Waals surface area contributed by atoms with Crippen molar-refractivity contribution in [1.82, 2.24) is 34.3 Å². The zero-order chi connectivity index (χ0) is 28.4. The van der Waals surface area contributed by atoms with Crippen LogP contribution in [-0.2, 0) is 19.6 Å². The van der Waals surface area contributed by atoms with E-state index in [1.54, 1.807) is 34.3 Å². The highest BCUT2D eigenvalue weighted by molar-refractivity contribution is 7.10. The van der Waals surface area contributed by atoms with Gasteiger partial charge in [-0.05, 0) is 55.2 Å². The molecule has 5 heterocycles. The molecule has 41 heavy (non-hydrogen) atoms. The average Bonchev–Trinajstić information content (AvgIpc) is 3.72. The summed E-state index contributed by atoms with van der Waals surface area (Å²) in [6.07, 6.45) is 5.97. The van der Waals surface area contributed by atoms with Gasteiger partial charge < -0.3 is 4.40 Å². The molecular weight excluding hydrogens is 557 g/mol. The number of hydrogen-bond acceptors (Lipinski definition) is 6. The third-order valence-corrected chi connectivity index (χ3v) is 6.90. The van der Waals surface area contributed by atoms with Gasteiger partial charge in [-0.3, -0.25) is 0 Å². The van der Waals surface area contributed by atoms with Crippen molar-refractivity contribution in [3.05, 3.63) is 105 Å². The molecule has 0 spiro atoms. The van der Waals surface area contributed by atoms with Gasteiger partial charge in [-0.15, -0.1) is 11.3 Å². The molecule has 0 saturated carbocycles. The number of benzene rings is 1. The second-order valence-electron chi connectivity index (χ2n) is 8.90. The maximum atomic E-state index is 12.5. The Morgan fingerprint density at radius 2 is 1.68 bits per heavy atom. The predicted octanol–water partition coefficient (Wildman–Crippen LogP) is 6.47. The fourth-order valence-electron chi connectivity index (χ4n) is 3.83. The van der Waals surface area contributed by atoms with Crippen molar-refractivity contribution < 1.29 is 4.39 Å². The van der Waals surface area contributed by atoms with Gasteiger partial charge in [0.1, 0.15) is 23.4 Å². The molecule has 0 aliphatic rings. The van der Waals surface area contributed by atoms with Crippen LogP contribution in [0.3, 0.4) is 0 Å². The number of alkyl halides is 1. The van der Waals surface area contributed by atoms with Gasteiger partial charge in [0.2, 0.25) is 0 Å². The topological polar surface area (TPSA) is 73.8 Å². The lowest BCUT2D eigenvalue weighted by Crippen LogP contribution is -2.00. The number of pyridine rings is 2. The van der Waals surface area contributed by atoms with E-state index in [9.17, 15) is 4.39 Å². The van der Waals surface area contributed by atoms with Crippen LogP contribution in [0.25, 0.3) is 16.7 Å². The Kier molecular flexibility index (Phi) is 9.33. The van der Waals surface area contributed by atoms with Gasteiger partial charge in [-0.25, -0.2) is 19.3 Å². The summed E-state index contributed by atoms with van der Waals surface area (Å²) in [5, 5.41) is 12.3. The molecular formula is C31H25ClFN7S. The van der Waals surface area contributed by atoms with Crippen molar-refractivity contribution in [2.24, 2.45) is 0 Å². The highest BCUT2D eigenvalue weighted by Gasteiger charge is 2.04. The summed E-state index contributed by atoms with van der Waals surface area (Å²) in [5.74, 6) is 12.2. The van der Waals surface area contributed by atoms with Crippen LogP contribution in [0.2, 0.25) is 5.02 Å². The quantitative estimate of drug-likeness (QED) is 0.218. The number of aromatic nitrogens is 7. The lowest BCUT2D eigenvalue weighted by atomic mass is 10.2. The molecule has 0 aliphatic carbocycles.